The lowest BCUT2D eigenvalue weighted by Gasteiger charge is -2.00. The Bertz CT molecular complexity index is 549. The van der Waals surface area contributed by atoms with Gasteiger partial charge in [0.05, 0.1) is 6.20 Å². The number of aromatic nitrogens is 4. The van der Waals surface area contributed by atoms with Gasteiger partial charge in [0.2, 0.25) is 11.8 Å². The Morgan fingerprint density at radius 1 is 1.44 bits per heavy atom. The molecule has 0 atom stereocenters. The van der Waals surface area contributed by atoms with Crippen molar-refractivity contribution in [2.24, 2.45) is 0 Å². The van der Waals surface area contributed by atoms with Crippen LogP contribution in [0, 0.1) is 0 Å². The molecule has 2 aromatic rings. The van der Waals surface area contributed by atoms with Gasteiger partial charge in [0, 0.05) is 18.5 Å². The second-order valence-corrected chi connectivity index (χ2v) is 4.22. The first-order valence-electron chi connectivity index (χ1n) is 5.00. The van der Waals surface area contributed by atoms with Gasteiger partial charge in [-0.25, -0.2) is 4.98 Å². The van der Waals surface area contributed by atoms with E-state index in [-0.39, 0.29) is 18.4 Å². The molecule has 0 bridgehead atoms. The van der Waals surface area contributed by atoms with Gasteiger partial charge in [0.1, 0.15) is 6.54 Å². The highest BCUT2D eigenvalue weighted by Crippen LogP contribution is 2.09. The van der Waals surface area contributed by atoms with Gasteiger partial charge in [-0.1, -0.05) is 0 Å². The van der Waals surface area contributed by atoms with E-state index in [1.54, 1.807) is 11.6 Å². The molecule has 18 heavy (non-hydrogen) atoms. The molecule has 0 aromatic carbocycles. The SMILES string of the molecule is CC(=O)Nc1cnn(CC(=O)Nc2nccs2)n1. The molecule has 0 spiro atoms. The summed E-state index contributed by atoms with van der Waals surface area (Å²) >= 11 is 1.33. The van der Waals surface area contributed by atoms with E-state index in [2.05, 4.69) is 25.8 Å². The molecule has 0 aliphatic heterocycles. The van der Waals surface area contributed by atoms with Gasteiger partial charge in [0.15, 0.2) is 10.9 Å². The molecule has 8 nitrogen and oxygen atoms in total. The van der Waals surface area contributed by atoms with Gasteiger partial charge in [-0.2, -0.15) is 9.90 Å². The number of amides is 2. The summed E-state index contributed by atoms with van der Waals surface area (Å²) in [6.07, 6.45) is 2.97. The van der Waals surface area contributed by atoms with E-state index in [1.165, 1.54) is 29.3 Å². The minimum absolute atomic E-state index is 0.0425. The number of thiazole rings is 1. The van der Waals surface area contributed by atoms with Gasteiger partial charge >= 0.3 is 0 Å². The zero-order valence-corrected chi connectivity index (χ0v) is 10.3. The zero-order valence-electron chi connectivity index (χ0n) is 9.45. The highest BCUT2D eigenvalue weighted by Gasteiger charge is 2.08. The summed E-state index contributed by atoms with van der Waals surface area (Å²) in [5, 5.41) is 15.1. The highest BCUT2D eigenvalue weighted by molar-refractivity contribution is 7.13. The maximum atomic E-state index is 11.6. The van der Waals surface area contributed by atoms with Crippen molar-refractivity contribution < 1.29 is 9.59 Å². The van der Waals surface area contributed by atoms with Crippen LogP contribution in [0.2, 0.25) is 0 Å². The van der Waals surface area contributed by atoms with Gasteiger partial charge in [-0.05, 0) is 0 Å². The topological polar surface area (TPSA) is 102 Å². The van der Waals surface area contributed by atoms with Gasteiger partial charge in [-0.3, -0.25) is 9.59 Å². The van der Waals surface area contributed by atoms with E-state index in [1.807, 2.05) is 0 Å². The summed E-state index contributed by atoms with van der Waals surface area (Å²) in [5.41, 5.74) is 0. The van der Waals surface area contributed by atoms with Crippen LogP contribution < -0.4 is 10.6 Å². The standard InChI is InChI=1S/C9H10N6O2S/c1-6(16)12-7-4-11-15(14-7)5-8(17)13-9-10-2-3-18-9/h2-4H,5H2,1H3,(H,10,13,17)(H,12,14,16). The van der Waals surface area contributed by atoms with Crippen LogP contribution in [0.15, 0.2) is 17.8 Å². The molecule has 0 radical (unpaired) electrons. The van der Waals surface area contributed by atoms with E-state index >= 15 is 0 Å². The molecule has 2 heterocycles. The van der Waals surface area contributed by atoms with Crippen LogP contribution in [0.3, 0.4) is 0 Å². The molecular weight excluding hydrogens is 256 g/mol. The Hall–Kier alpha value is -2.29. The first-order chi connectivity index (χ1) is 8.63. The lowest BCUT2D eigenvalue weighted by molar-refractivity contribution is -0.117. The van der Waals surface area contributed by atoms with Gasteiger partial charge in [-0.15, -0.1) is 16.4 Å². The van der Waals surface area contributed by atoms with Crippen molar-refractivity contribution in [2.45, 2.75) is 13.5 Å². The molecular formula is C9H10N6O2S. The maximum Gasteiger partial charge on any atom is 0.249 e. The lowest BCUT2D eigenvalue weighted by atomic mass is 10.6. The Kier molecular flexibility index (Phi) is 3.63. The number of carbonyl (C=O) groups is 2. The second kappa shape index (κ2) is 5.36. The molecule has 9 heteroatoms. The first kappa shape index (κ1) is 12.2. The van der Waals surface area contributed by atoms with E-state index in [9.17, 15) is 9.59 Å². The summed E-state index contributed by atoms with van der Waals surface area (Å²) in [6.45, 7) is 1.33. The number of nitrogens with one attached hydrogen (secondary N) is 2. The number of hydrogen-bond donors (Lipinski definition) is 2. The fourth-order valence-corrected chi connectivity index (χ4v) is 1.73. The van der Waals surface area contributed by atoms with Crippen molar-refractivity contribution in [3.63, 3.8) is 0 Å². The lowest BCUT2D eigenvalue weighted by Crippen LogP contribution is -2.20. The number of carbonyl (C=O) groups excluding carboxylic acids is 2. The third kappa shape index (κ3) is 3.35. The van der Waals surface area contributed by atoms with Crippen LogP contribution in [-0.4, -0.2) is 31.8 Å². The zero-order chi connectivity index (χ0) is 13.0. The molecule has 0 aliphatic carbocycles. The monoisotopic (exact) mass is 266 g/mol. The van der Waals surface area contributed by atoms with E-state index in [4.69, 9.17) is 0 Å². The maximum absolute atomic E-state index is 11.6. The Labute approximate surface area is 106 Å². The number of nitrogens with zero attached hydrogens (tertiary/aromatic N) is 4. The van der Waals surface area contributed by atoms with Crippen LogP contribution in [0.5, 0.6) is 0 Å². The third-order valence-electron chi connectivity index (χ3n) is 1.80. The number of anilines is 2. The molecule has 0 aliphatic rings. The fraction of sp³-hybridized carbons (Fsp3) is 0.222. The summed E-state index contributed by atoms with van der Waals surface area (Å²) in [6, 6.07) is 0. The van der Waals surface area contributed by atoms with Crippen molar-refractivity contribution in [3.05, 3.63) is 17.8 Å². The number of rotatable bonds is 4. The van der Waals surface area contributed by atoms with Crippen molar-refractivity contribution in [2.75, 3.05) is 10.6 Å². The minimum atomic E-state index is -0.282. The van der Waals surface area contributed by atoms with E-state index in [0.717, 1.165) is 0 Å². The fourth-order valence-electron chi connectivity index (χ4n) is 1.18. The molecule has 2 N–H and O–H groups in total. The van der Waals surface area contributed by atoms with Crippen molar-refractivity contribution >= 4 is 34.1 Å². The predicted molar refractivity (Wildman–Crippen MR) is 65.1 cm³/mol. The molecule has 0 saturated heterocycles. The highest BCUT2D eigenvalue weighted by atomic mass is 32.1. The Balaban J connectivity index is 1.91. The third-order valence-corrected chi connectivity index (χ3v) is 2.49. The average Bonchev–Trinajstić information content (AvgIpc) is 2.89. The van der Waals surface area contributed by atoms with Crippen LogP contribution in [-0.2, 0) is 16.1 Å². The van der Waals surface area contributed by atoms with E-state index in [0.29, 0.717) is 10.9 Å². The van der Waals surface area contributed by atoms with Crippen LogP contribution in [0.4, 0.5) is 10.9 Å². The molecule has 0 saturated carbocycles. The smallest absolute Gasteiger partial charge is 0.249 e. The summed E-state index contributed by atoms with van der Waals surface area (Å²) in [5.74, 6) is -0.214. The van der Waals surface area contributed by atoms with Crippen molar-refractivity contribution in [1.29, 1.82) is 0 Å². The molecule has 94 valence electrons. The second-order valence-electron chi connectivity index (χ2n) is 3.33. The quantitative estimate of drug-likeness (QED) is 0.830. The van der Waals surface area contributed by atoms with Crippen LogP contribution >= 0.6 is 11.3 Å². The molecule has 2 amide bonds. The van der Waals surface area contributed by atoms with Crippen molar-refractivity contribution in [3.8, 4) is 0 Å². The van der Waals surface area contributed by atoms with Crippen molar-refractivity contribution in [1.82, 2.24) is 20.0 Å². The predicted octanol–water partition coefficient (Wildman–Crippen LogP) is 0.332. The molecule has 0 unspecified atom stereocenters. The normalized spacial score (nSPS) is 10.1. The van der Waals surface area contributed by atoms with Crippen LogP contribution in [0.25, 0.3) is 0 Å². The molecule has 0 fully saturated rings. The van der Waals surface area contributed by atoms with E-state index < -0.39 is 0 Å². The summed E-state index contributed by atoms with van der Waals surface area (Å²) < 4.78 is 0. The Morgan fingerprint density at radius 2 is 2.28 bits per heavy atom. The summed E-state index contributed by atoms with van der Waals surface area (Å²) in [7, 11) is 0. The first-order valence-corrected chi connectivity index (χ1v) is 5.88. The van der Waals surface area contributed by atoms with Gasteiger partial charge < -0.3 is 10.6 Å². The molecule has 2 rings (SSSR count). The summed E-state index contributed by atoms with van der Waals surface area (Å²) in [4.78, 5) is 27.5. The Morgan fingerprint density at radius 3 is 2.94 bits per heavy atom. The van der Waals surface area contributed by atoms with Gasteiger partial charge in [0.25, 0.3) is 0 Å². The number of hydrogen-bond acceptors (Lipinski definition) is 6. The minimum Gasteiger partial charge on any atom is -0.308 e. The average molecular weight is 266 g/mol. The molecule has 2 aromatic heterocycles. The largest absolute Gasteiger partial charge is 0.308 e. The van der Waals surface area contributed by atoms with Crippen LogP contribution in [0.1, 0.15) is 6.92 Å².